The van der Waals surface area contributed by atoms with Gasteiger partial charge in [0.25, 0.3) is 0 Å². The summed E-state index contributed by atoms with van der Waals surface area (Å²) in [6.07, 6.45) is 1.31. The van der Waals surface area contributed by atoms with Gasteiger partial charge in [0, 0.05) is 57.4 Å². The topological polar surface area (TPSA) is 128 Å². The average Bonchev–Trinajstić information content (AvgIpc) is 2.68. The lowest BCUT2D eigenvalue weighted by molar-refractivity contribution is -0.130. The summed E-state index contributed by atoms with van der Waals surface area (Å²) in [5.41, 5.74) is 0. The monoisotopic (exact) mass is 427 g/mol. The minimum absolute atomic E-state index is 0.0481. The quantitative estimate of drug-likeness (QED) is 0.209. The van der Waals surface area contributed by atoms with Gasteiger partial charge in [-0.25, -0.2) is 0 Å². The Bertz CT molecular complexity index is 537. The molecule has 0 aromatic heterocycles. The van der Waals surface area contributed by atoms with Crippen molar-refractivity contribution in [3.05, 3.63) is 0 Å². The van der Waals surface area contributed by atoms with Gasteiger partial charge in [0.2, 0.25) is 17.7 Å². The van der Waals surface area contributed by atoms with Gasteiger partial charge >= 0.3 is 0 Å². The van der Waals surface area contributed by atoms with Gasteiger partial charge in [-0.1, -0.05) is 27.7 Å². The molecule has 9 nitrogen and oxygen atoms in total. The van der Waals surface area contributed by atoms with Crippen LogP contribution in [0.3, 0.4) is 0 Å². The molecule has 30 heavy (non-hydrogen) atoms. The lowest BCUT2D eigenvalue weighted by Gasteiger charge is -2.18. The number of rotatable bonds is 17. The Morgan fingerprint density at radius 1 is 0.767 bits per heavy atom. The smallest absolute Gasteiger partial charge is 0.242 e. The maximum atomic E-state index is 12.4. The Hall–Kier alpha value is -2.00. The first-order chi connectivity index (χ1) is 14.2. The summed E-state index contributed by atoms with van der Waals surface area (Å²) >= 11 is 0. The van der Waals surface area contributed by atoms with E-state index in [0.717, 1.165) is 0 Å². The molecule has 0 radical (unpaired) electrons. The normalized spacial score (nSPS) is 12.0. The number of carbonyl (C=O) groups is 4. The molecule has 0 aromatic carbocycles. The van der Waals surface area contributed by atoms with Crippen molar-refractivity contribution in [2.75, 3.05) is 33.2 Å². The Balaban J connectivity index is 4.52. The van der Waals surface area contributed by atoms with Gasteiger partial charge in [0.15, 0.2) is 0 Å². The Labute approximate surface area is 180 Å². The summed E-state index contributed by atoms with van der Waals surface area (Å²) in [6, 6.07) is -0.437. The number of Topliss-reactive ketones (excluding diaryl/α,β-unsaturated/α-hetero) is 1. The van der Waals surface area contributed by atoms with Crippen LogP contribution < -0.4 is 26.6 Å². The molecule has 0 spiro atoms. The minimum Gasteiger partial charge on any atom is -0.355 e. The summed E-state index contributed by atoms with van der Waals surface area (Å²) in [5.74, 6) is -0.695. The average molecular weight is 428 g/mol. The highest BCUT2D eigenvalue weighted by Gasteiger charge is 2.21. The van der Waals surface area contributed by atoms with E-state index in [2.05, 4.69) is 26.6 Å². The molecule has 0 heterocycles. The van der Waals surface area contributed by atoms with Crippen molar-refractivity contribution < 1.29 is 19.2 Å². The minimum atomic E-state index is -0.783. The highest BCUT2D eigenvalue weighted by atomic mass is 16.2. The van der Waals surface area contributed by atoms with E-state index >= 15 is 0 Å². The predicted molar refractivity (Wildman–Crippen MR) is 118 cm³/mol. The van der Waals surface area contributed by atoms with E-state index in [-0.39, 0.29) is 48.7 Å². The molecule has 0 aromatic rings. The van der Waals surface area contributed by atoms with Gasteiger partial charge in [0.05, 0.1) is 0 Å². The van der Waals surface area contributed by atoms with Crippen LogP contribution in [0.15, 0.2) is 0 Å². The van der Waals surface area contributed by atoms with Gasteiger partial charge in [-0.3, -0.25) is 19.2 Å². The van der Waals surface area contributed by atoms with Crippen LogP contribution in [-0.4, -0.2) is 68.8 Å². The number of hydrogen-bond donors (Lipinski definition) is 5. The molecule has 3 amide bonds. The summed E-state index contributed by atoms with van der Waals surface area (Å²) < 4.78 is 0. The molecule has 0 rings (SSSR count). The molecule has 0 aliphatic rings. The van der Waals surface area contributed by atoms with Gasteiger partial charge < -0.3 is 26.6 Å². The second-order valence-corrected chi connectivity index (χ2v) is 7.99. The molecule has 0 aliphatic heterocycles. The molecule has 0 saturated heterocycles. The van der Waals surface area contributed by atoms with Crippen LogP contribution in [0.2, 0.25) is 0 Å². The number of nitrogens with one attached hydrogen (secondary N) is 5. The standard InChI is InChI=1S/C21H41N5O4/c1-15(2)18(27)7-6-8-20(29)26-17(21(30)25-12-11-22-5)9-10-19(28)24-14-13-23-16(3)4/h15-17,22-23H,6-14H2,1-5H3,(H,24,28)(H,25,30)(H,26,29). The zero-order valence-corrected chi connectivity index (χ0v) is 19.2. The van der Waals surface area contributed by atoms with Gasteiger partial charge in [-0.05, 0) is 19.9 Å². The first-order valence-electron chi connectivity index (χ1n) is 10.9. The SMILES string of the molecule is CNCCNC(=O)C(CCC(=O)NCCNC(C)C)NC(=O)CCCC(=O)C(C)C. The van der Waals surface area contributed by atoms with Crippen molar-refractivity contribution in [1.29, 1.82) is 0 Å². The fourth-order valence-electron chi connectivity index (χ4n) is 2.61. The largest absolute Gasteiger partial charge is 0.355 e. The lowest BCUT2D eigenvalue weighted by Crippen LogP contribution is -2.48. The Morgan fingerprint density at radius 2 is 1.43 bits per heavy atom. The third-order valence-corrected chi connectivity index (χ3v) is 4.46. The second kappa shape index (κ2) is 16.8. The van der Waals surface area contributed by atoms with Crippen molar-refractivity contribution in [2.24, 2.45) is 5.92 Å². The van der Waals surface area contributed by atoms with Crippen molar-refractivity contribution >= 4 is 23.5 Å². The third-order valence-electron chi connectivity index (χ3n) is 4.46. The zero-order valence-electron chi connectivity index (χ0n) is 19.2. The van der Waals surface area contributed by atoms with E-state index in [9.17, 15) is 19.2 Å². The molecule has 0 bridgehead atoms. The van der Waals surface area contributed by atoms with E-state index in [0.29, 0.717) is 45.1 Å². The number of likely N-dealkylation sites (N-methyl/N-ethyl adjacent to an activating group) is 1. The first kappa shape index (κ1) is 28.0. The van der Waals surface area contributed by atoms with Crippen molar-refractivity contribution in [2.45, 2.75) is 71.9 Å². The molecule has 0 aliphatic carbocycles. The van der Waals surface area contributed by atoms with Crippen molar-refractivity contribution in [3.63, 3.8) is 0 Å². The summed E-state index contributed by atoms with van der Waals surface area (Å²) in [5, 5.41) is 14.4. The fourth-order valence-corrected chi connectivity index (χ4v) is 2.61. The number of amides is 3. The van der Waals surface area contributed by atoms with Crippen LogP contribution in [0, 0.1) is 5.92 Å². The second-order valence-electron chi connectivity index (χ2n) is 7.99. The summed E-state index contributed by atoms with van der Waals surface area (Å²) in [7, 11) is 1.78. The van der Waals surface area contributed by atoms with Crippen LogP contribution >= 0.6 is 0 Å². The van der Waals surface area contributed by atoms with Crippen LogP contribution in [0.4, 0.5) is 0 Å². The fraction of sp³-hybridized carbons (Fsp3) is 0.810. The van der Waals surface area contributed by atoms with E-state index in [4.69, 9.17) is 0 Å². The zero-order chi connectivity index (χ0) is 22.9. The van der Waals surface area contributed by atoms with E-state index < -0.39 is 6.04 Å². The molecular weight excluding hydrogens is 386 g/mol. The summed E-state index contributed by atoms with van der Waals surface area (Å²) in [6.45, 7) is 9.93. The van der Waals surface area contributed by atoms with E-state index in [1.165, 1.54) is 0 Å². The molecule has 1 atom stereocenters. The molecule has 0 fully saturated rings. The van der Waals surface area contributed by atoms with Crippen molar-refractivity contribution in [3.8, 4) is 0 Å². The molecule has 9 heteroatoms. The lowest BCUT2D eigenvalue weighted by atomic mass is 10.0. The number of ketones is 1. The highest BCUT2D eigenvalue weighted by molar-refractivity contribution is 5.88. The van der Waals surface area contributed by atoms with Gasteiger partial charge in [0.1, 0.15) is 11.8 Å². The van der Waals surface area contributed by atoms with E-state index in [1.54, 1.807) is 7.05 Å². The van der Waals surface area contributed by atoms with Crippen LogP contribution in [0.5, 0.6) is 0 Å². The van der Waals surface area contributed by atoms with Gasteiger partial charge in [-0.15, -0.1) is 0 Å². The van der Waals surface area contributed by atoms with E-state index in [1.807, 2.05) is 27.7 Å². The van der Waals surface area contributed by atoms with Crippen LogP contribution in [0.25, 0.3) is 0 Å². The Morgan fingerprint density at radius 3 is 2.03 bits per heavy atom. The molecule has 1 unspecified atom stereocenters. The van der Waals surface area contributed by atoms with Crippen LogP contribution in [-0.2, 0) is 19.2 Å². The maximum Gasteiger partial charge on any atom is 0.242 e. The number of hydrogen-bond acceptors (Lipinski definition) is 6. The van der Waals surface area contributed by atoms with Crippen LogP contribution in [0.1, 0.15) is 59.8 Å². The number of carbonyl (C=O) groups excluding carboxylic acids is 4. The molecule has 0 saturated carbocycles. The molecule has 5 N–H and O–H groups in total. The predicted octanol–water partition coefficient (Wildman–Crippen LogP) is 0.0966. The Kier molecular flexibility index (Phi) is 15.6. The maximum absolute atomic E-state index is 12.4. The molecule has 174 valence electrons. The molecular formula is C21H41N5O4. The van der Waals surface area contributed by atoms with Gasteiger partial charge in [-0.2, -0.15) is 0 Å². The highest BCUT2D eigenvalue weighted by Crippen LogP contribution is 2.05. The third kappa shape index (κ3) is 14.9. The van der Waals surface area contributed by atoms with Crippen molar-refractivity contribution in [1.82, 2.24) is 26.6 Å². The first-order valence-corrected chi connectivity index (χ1v) is 10.9. The summed E-state index contributed by atoms with van der Waals surface area (Å²) in [4.78, 5) is 48.4.